The number of aliphatic hydroxyl groups excluding tert-OH is 1. The zero-order valence-corrected chi connectivity index (χ0v) is 17.6. The Bertz CT molecular complexity index is 796. The standard InChI is InChI=1S/C24H30O6/c1-24(2)29-20-18(25)19(26-3)21(27-14-16-10-6-4-7-11-16)22(23(20)30-24)28-15-17-12-8-5-9-13-17/h4-13,18-23,25H,14-15H2,1-3H3/t18-,19-,20+,21+,22-,23+/m1/s1. The van der Waals surface area contributed by atoms with Gasteiger partial charge in [-0.25, -0.2) is 0 Å². The second-order valence-electron chi connectivity index (χ2n) is 8.28. The molecule has 0 spiro atoms. The first kappa shape index (κ1) is 21.4. The molecule has 1 aliphatic carbocycles. The van der Waals surface area contributed by atoms with Gasteiger partial charge in [0, 0.05) is 7.11 Å². The van der Waals surface area contributed by atoms with Gasteiger partial charge < -0.3 is 28.8 Å². The predicted molar refractivity (Wildman–Crippen MR) is 111 cm³/mol. The molecule has 162 valence electrons. The van der Waals surface area contributed by atoms with Gasteiger partial charge in [0.15, 0.2) is 5.79 Å². The highest BCUT2D eigenvalue weighted by molar-refractivity contribution is 5.15. The van der Waals surface area contributed by atoms with Crippen LogP contribution in [-0.2, 0) is 36.9 Å². The molecule has 30 heavy (non-hydrogen) atoms. The highest BCUT2D eigenvalue weighted by Crippen LogP contribution is 2.40. The van der Waals surface area contributed by atoms with E-state index in [1.54, 1.807) is 7.11 Å². The van der Waals surface area contributed by atoms with Crippen LogP contribution in [0.2, 0.25) is 0 Å². The Balaban J connectivity index is 1.58. The normalized spacial score (nSPS) is 32.7. The summed E-state index contributed by atoms with van der Waals surface area (Å²) < 4.78 is 30.4. The van der Waals surface area contributed by atoms with Crippen molar-refractivity contribution in [2.75, 3.05) is 7.11 Å². The predicted octanol–water partition coefficient (Wildman–Crippen LogP) is 3.07. The van der Waals surface area contributed by atoms with Crippen molar-refractivity contribution in [2.45, 2.75) is 69.5 Å². The second kappa shape index (κ2) is 9.14. The number of hydrogen-bond donors (Lipinski definition) is 1. The number of fused-ring (bicyclic) bond motifs is 1. The average molecular weight is 414 g/mol. The molecule has 0 aromatic heterocycles. The molecule has 1 aliphatic heterocycles. The Morgan fingerprint density at radius 1 is 0.767 bits per heavy atom. The lowest BCUT2D eigenvalue weighted by Gasteiger charge is -2.44. The van der Waals surface area contributed by atoms with Crippen LogP contribution in [-0.4, -0.2) is 54.6 Å². The van der Waals surface area contributed by atoms with Gasteiger partial charge in [0.05, 0.1) is 13.2 Å². The monoisotopic (exact) mass is 414 g/mol. The van der Waals surface area contributed by atoms with E-state index in [2.05, 4.69) is 0 Å². The van der Waals surface area contributed by atoms with Crippen molar-refractivity contribution in [2.24, 2.45) is 0 Å². The fourth-order valence-corrected chi connectivity index (χ4v) is 4.28. The summed E-state index contributed by atoms with van der Waals surface area (Å²) in [5.41, 5.74) is 2.09. The van der Waals surface area contributed by atoms with Crippen molar-refractivity contribution >= 4 is 0 Å². The number of rotatable bonds is 7. The molecule has 1 heterocycles. The topological polar surface area (TPSA) is 66.4 Å². The molecule has 1 saturated carbocycles. The van der Waals surface area contributed by atoms with Crippen LogP contribution < -0.4 is 0 Å². The number of benzene rings is 2. The molecule has 6 atom stereocenters. The van der Waals surface area contributed by atoms with E-state index in [4.69, 9.17) is 23.7 Å². The molecule has 2 aliphatic rings. The molecule has 0 amide bonds. The fourth-order valence-electron chi connectivity index (χ4n) is 4.28. The zero-order chi connectivity index (χ0) is 21.1. The molecule has 6 heteroatoms. The van der Waals surface area contributed by atoms with Crippen molar-refractivity contribution in [3.63, 3.8) is 0 Å². The SMILES string of the molecule is CO[C@@H]1[C@@H](O)[C@@H]2OC(C)(C)O[C@@H]2[C@H](OCc2ccccc2)[C@H]1OCc1ccccc1. The molecule has 0 bridgehead atoms. The van der Waals surface area contributed by atoms with Crippen molar-refractivity contribution in [1.82, 2.24) is 0 Å². The van der Waals surface area contributed by atoms with E-state index in [1.807, 2.05) is 74.5 Å². The summed E-state index contributed by atoms with van der Waals surface area (Å²) in [6.45, 7) is 4.46. The van der Waals surface area contributed by atoms with Gasteiger partial charge in [-0.1, -0.05) is 60.7 Å². The van der Waals surface area contributed by atoms with Gasteiger partial charge in [0.1, 0.15) is 36.6 Å². The molecule has 0 radical (unpaired) electrons. The summed E-state index contributed by atoms with van der Waals surface area (Å²) >= 11 is 0. The zero-order valence-electron chi connectivity index (χ0n) is 17.6. The van der Waals surface area contributed by atoms with Crippen LogP contribution in [0.5, 0.6) is 0 Å². The molecular formula is C24H30O6. The van der Waals surface area contributed by atoms with Gasteiger partial charge in [-0.3, -0.25) is 0 Å². The Morgan fingerprint density at radius 2 is 1.27 bits per heavy atom. The highest BCUT2D eigenvalue weighted by Gasteiger charge is 2.59. The minimum absolute atomic E-state index is 0.380. The van der Waals surface area contributed by atoms with E-state index < -0.39 is 42.4 Å². The maximum Gasteiger partial charge on any atom is 0.164 e. The smallest absolute Gasteiger partial charge is 0.164 e. The lowest BCUT2D eigenvalue weighted by Crippen LogP contribution is -2.64. The van der Waals surface area contributed by atoms with E-state index in [0.29, 0.717) is 13.2 Å². The Hall–Kier alpha value is -1.80. The van der Waals surface area contributed by atoms with E-state index >= 15 is 0 Å². The van der Waals surface area contributed by atoms with Gasteiger partial charge in [-0.15, -0.1) is 0 Å². The molecule has 2 aromatic carbocycles. The Kier molecular flexibility index (Phi) is 6.53. The third kappa shape index (κ3) is 4.59. The van der Waals surface area contributed by atoms with Gasteiger partial charge in [0.2, 0.25) is 0 Å². The van der Waals surface area contributed by atoms with E-state index in [1.165, 1.54) is 0 Å². The molecular weight excluding hydrogens is 384 g/mol. The van der Waals surface area contributed by atoms with Gasteiger partial charge in [-0.05, 0) is 25.0 Å². The number of methoxy groups -OCH3 is 1. The summed E-state index contributed by atoms with van der Waals surface area (Å²) in [7, 11) is 1.57. The van der Waals surface area contributed by atoms with Crippen LogP contribution >= 0.6 is 0 Å². The number of aliphatic hydroxyl groups is 1. The number of hydrogen-bond acceptors (Lipinski definition) is 6. The third-order valence-electron chi connectivity index (χ3n) is 5.65. The van der Waals surface area contributed by atoms with E-state index in [0.717, 1.165) is 11.1 Å². The average Bonchev–Trinajstić information content (AvgIpc) is 3.09. The van der Waals surface area contributed by atoms with Crippen LogP contribution in [0, 0.1) is 0 Å². The van der Waals surface area contributed by atoms with Crippen molar-refractivity contribution in [3.05, 3.63) is 71.8 Å². The van der Waals surface area contributed by atoms with E-state index in [-0.39, 0.29) is 0 Å². The molecule has 1 N–H and O–H groups in total. The molecule has 2 aromatic rings. The Labute approximate surface area is 177 Å². The van der Waals surface area contributed by atoms with Crippen molar-refractivity contribution in [3.8, 4) is 0 Å². The largest absolute Gasteiger partial charge is 0.387 e. The first-order chi connectivity index (χ1) is 14.5. The maximum atomic E-state index is 11.0. The lowest BCUT2D eigenvalue weighted by atomic mass is 9.84. The third-order valence-corrected chi connectivity index (χ3v) is 5.65. The van der Waals surface area contributed by atoms with Crippen LogP contribution in [0.15, 0.2) is 60.7 Å². The molecule has 2 fully saturated rings. The summed E-state index contributed by atoms with van der Waals surface area (Å²) in [5.74, 6) is -0.822. The summed E-state index contributed by atoms with van der Waals surface area (Å²) in [6.07, 6.45) is -3.50. The molecule has 4 rings (SSSR count). The van der Waals surface area contributed by atoms with E-state index in [9.17, 15) is 5.11 Å². The van der Waals surface area contributed by atoms with Crippen LogP contribution in [0.1, 0.15) is 25.0 Å². The minimum atomic E-state index is -0.890. The van der Waals surface area contributed by atoms with Gasteiger partial charge in [-0.2, -0.15) is 0 Å². The van der Waals surface area contributed by atoms with Crippen molar-refractivity contribution in [1.29, 1.82) is 0 Å². The molecule has 0 unspecified atom stereocenters. The first-order valence-corrected chi connectivity index (χ1v) is 10.4. The van der Waals surface area contributed by atoms with Gasteiger partial charge in [0.25, 0.3) is 0 Å². The minimum Gasteiger partial charge on any atom is -0.387 e. The maximum absolute atomic E-state index is 11.0. The van der Waals surface area contributed by atoms with Crippen molar-refractivity contribution < 1.29 is 28.8 Å². The van der Waals surface area contributed by atoms with Crippen LogP contribution in [0.3, 0.4) is 0 Å². The number of ether oxygens (including phenoxy) is 5. The Morgan fingerprint density at radius 3 is 1.80 bits per heavy atom. The van der Waals surface area contributed by atoms with Crippen LogP contribution in [0.4, 0.5) is 0 Å². The first-order valence-electron chi connectivity index (χ1n) is 10.4. The van der Waals surface area contributed by atoms with Gasteiger partial charge >= 0.3 is 0 Å². The highest BCUT2D eigenvalue weighted by atomic mass is 16.8. The molecule has 6 nitrogen and oxygen atoms in total. The molecule has 1 saturated heterocycles. The quantitative estimate of drug-likeness (QED) is 0.751. The summed E-state index contributed by atoms with van der Waals surface area (Å²) in [6, 6.07) is 19.9. The summed E-state index contributed by atoms with van der Waals surface area (Å²) in [4.78, 5) is 0. The second-order valence-corrected chi connectivity index (χ2v) is 8.28. The fraction of sp³-hybridized carbons (Fsp3) is 0.500. The lowest BCUT2D eigenvalue weighted by molar-refractivity contribution is -0.233. The summed E-state index contributed by atoms with van der Waals surface area (Å²) in [5, 5.41) is 11.0. The van der Waals surface area contributed by atoms with Crippen LogP contribution in [0.25, 0.3) is 0 Å².